The van der Waals surface area contributed by atoms with Crippen LogP contribution in [-0.2, 0) is 0 Å². The van der Waals surface area contributed by atoms with Crippen LogP contribution in [0.2, 0.25) is 0 Å². The van der Waals surface area contributed by atoms with E-state index in [9.17, 15) is 4.79 Å². The summed E-state index contributed by atoms with van der Waals surface area (Å²) in [5, 5.41) is 4.02. The second-order valence-corrected chi connectivity index (χ2v) is 5.07. The van der Waals surface area contributed by atoms with Crippen LogP contribution in [0, 0.1) is 0 Å². The smallest absolute Gasteiger partial charge is 0.208 e. The lowest BCUT2D eigenvalue weighted by Crippen LogP contribution is -2.05. The van der Waals surface area contributed by atoms with E-state index < -0.39 is 0 Å². The summed E-state index contributed by atoms with van der Waals surface area (Å²) in [4.78, 5) is 17.0. The Balaban J connectivity index is 2.33. The Kier molecular flexibility index (Phi) is 4.21. The van der Waals surface area contributed by atoms with Crippen LogP contribution in [0.1, 0.15) is 47.6 Å². The van der Waals surface area contributed by atoms with Crippen molar-refractivity contribution < 1.29 is 9.53 Å². The largest absolute Gasteiger partial charge is 0.492 e. The number of hydrogen-bond acceptors (Lipinski definition) is 6. The maximum atomic E-state index is 12.4. The van der Waals surface area contributed by atoms with E-state index in [4.69, 9.17) is 4.74 Å². The lowest BCUT2D eigenvalue weighted by Gasteiger charge is -2.05. The summed E-state index contributed by atoms with van der Waals surface area (Å²) < 4.78 is 9.22. The zero-order valence-corrected chi connectivity index (χ0v) is 11.9. The van der Waals surface area contributed by atoms with Crippen LogP contribution in [0.15, 0.2) is 18.5 Å². The van der Waals surface area contributed by atoms with E-state index in [1.54, 1.807) is 12.3 Å². The van der Waals surface area contributed by atoms with Gasteiger partial charge in [-0.05, 0) is 30.4 Å². The lowest BCUT2D eigenvalue weighted by atomic mass is 10.0. The molecule has 0 aliphatic rings. The number of ether oxygens (including phenoxy) is 1. The van der Waals surface area contributed by atoms with E-state index in [2.05, 4.69) is 14.6 Å². The fourth-order valence-corrected chi connectivity index (χ4v) is 2.43. The van der Waals surface area contributed by atoms with Crippen LogP contribution < -0.4 is 4.74 Å². The Labute approximate surface area is 115 Å². The topological polar surface area (TPSA) is 65.0 Å². The second-order valence-electron chi connectivity index (χ2n) is 4.31. The first-order valence-corrected chi connectivity index (χ1v) is 6.85. The van der Waals surface area contributed by atoms with E-state index in [-0.39, 0.29) is 11.7 Å². The molecular weight excluding hydrogens is 262 g/mol. The summed E-state index contributed by atoms with van der Waals surface area (Å²) >= 11 is 1.12. The summed E-state index contributed by atoms with van der Waals surface area (Å²) in [7, 11) is 0. The third-order valence-corrected chi connectivity index (χ3v) is 3.29. The van der Waals surface area contributed by atoms with Gasteiger partial charge >= 0.3 is 0 Å². The van der Waals surface area contributed by atoms with Crippen molar-refractivity contribution in [2.75, 3.05) is 6.61 Å². The van der Waals surface area contributed by atoms with Gasteiger partial charge in [0.25, 0.3) is 0 Å². The maximum absolute atomic E-state index is 12.4. The first-order chi connectivity index (χ1) is 9.13. The molecule has 0 fully saturated rings. The highest BCUT2D eigenvalue weighted by Crippen LogP contribution is 2.23. The monoisotopic (exact) mass is 277 g/mol. The molecule has 0 aliphatic heterocycles. The van der Waals surface area contributed by atoms with Gasteiger partial charge in [-0.3, -0.25) is 9.78 Å². The molecular formula is C13H15N3O2S. The van der Waals surface area contributed by atoms with Crippen molar-refractivity contribution in [3.8, 4) is 5.75 Å². The van der Waals surface area contributed by atoms with Gasteiger partial charge in [-0.2, -0.15) is 0 Å². The molecule has 0 saturated carbocycles. The number of nitrogens with zero attached hydrogens (tertiary/aromatic N) is 3. The third kappa shape index (κ3) is 2.96. The summed E-state index contributed by atoms with van der Waals surface area (Å²) in [6, 6.07) is 1.70. The molecule has 0 aliphatic carbocycles. The van der Waals surface area contributed by atoms with Crippen molar-refractivity contribution in [3.63, 3.8) is 0 Å². The average molecular weight is 277 g/mol. The normalized spacial score (nSPS) is 10.7. The summed E-state index contributed by atoms with van der Waals surface area (Å²) in [5.41, 5.74) is 1.23. The minimum Gasteiger partial charge on any atom is -0.492 e. The summed E-state index contributed by atoms with van der Waals surface area (Å²) in [5.74, 6) is 0.658. The molecule has 0 bridgehead atoms. The predicted octanol–water partition coefficient (Wildman–Crippen LogP) is 2.69. The highest BCUT2D eigenvalue weighted by molar-refractivity contribution is 7.08. The number of rotatable bonds is 5. The molecule has 2 rings (SSSR count). The van der Waals surface area contributed by atoms with Gasteiger partial charge in [0.1, 0.15) is 10.6 Å². The first-order valence-electron chi connectivity index (χ1n) is 6.08. The molecule has 100 valence electrons. The fourth-order valence-electron chi connectivity index (χ4n) is 1.65. The standard InChI is InChI=1S/C13H15N3O2S/c1-4-18-10-5-9(6-14-7-10)12(17)13-11(8(2)3)15-16-19-13/h5-8H,4H2,1-3H3. The number of aromatic nitrogens is 3. The Morgan fingerprint density at radius 2 is 2.21 bits per heavy atom. The van der Waals surface area contributed by atoms with Crippen LogP contribution in [0.25, 0.3) is 0 Å². The van der Waals surface area contributed by atoms with Gasteiger partial charge in [0.15, 0.2) is 0 Å². The van der Waals surface area contributed by atoms with Crippen molar-refractivity contribution in [2.24, 2.45) is 0 Å². The molecule has 2 aromatic rings. The third-order valence-electron chi connectivity index (χ3n) is 2.55. The van der Waals surface area contributed by atoms with Crippen molar-refractivity contribution in [1.82, 2.24) is 14.6 Å². The van der Waals surface area contributed by atoms with Crippen molar-refractivity contribution in [1.29, 1.82) is 0 Å². The number of carbonyl (C=O) groups is 1. The Bertz CT molecular complexity index is 581. The zero-order chi connectivity index (χ0) is 13.8. The van der Waals surface area contributed by atoms with Crippen LogP contribution in [0.4, 0.5) is 0 Å². The van der Waals surface area contributed by atoms with Crippen LogP contribution in [-0.4, -0.2) is 27.0 Å². The molecule has 5 nitrogen and oxygen atoms in total. The Morgan fingerprint density at radius 3 is 2.89 bits per heavy atom. The lowest BCUT2D eigenvalue weighted by molar-refractivity contribution is 0.104. The van der Waals surface area contributed by atoms with E-state index in [1.165, 1.54) is 6.20 Å². The van der Waals surface area contributed by atoms with Crippen molar-refractivity contribution in [2.45, 2.75) is 26.7 Å². The number of ketones is 1. The van der Waals surface area contributed by atoms with Crippen LogP contribution >= 0.6 is 11.5 Å². The van der Waals surface area contributed by atoms with Crippen molar-refractivity contribution in [3.05, 3.63) is 34.6 Å². The molecule has 0 aromatic carbocycles. The van der Waals surface area contributed by atoms with Gasteiger partial charge in [-0.15, -0.1) is 5.10 Å². The van der Waals surface area contributed by atoms with Gasteiger partial charge in [0.2, 0.25) is 5.78 Å². The zero-order valence-electron chi connectivity index (χ0n) is 11.1. The van der Waals surface area contributed by atoms with E-state index >= 15 is 0 Å². The SMILES string of the molecule is CCOc1cncc(C(=O)c2snnc2C(C)C)c1. The van der Waals surface area contributed by atoms with Crippen LogP contribution in [0.3, 0.4) is 0 Å². The maximum Gasteiger partial charge on any atom is 0.208 e. The van der Waals surface area contributed by atoms with E-state index in [0.717, 1.165) is 17.2 Å². The number of hydrogen-bond donors (Lipinski definition) is 0. The molecule has 0 N–H and O–H groups in total. The quantitative estimate of drug-likeness (QED) is 0.786. The Morgan fingerprint density at radius 1 is 1.42 bits per heavy atom. The molecule has 0 unspecified atom stereocenters. The summed E-state index contributed by atoms with van der Waals surface area (Å²) in [6.07, 6.45) is 3.13. The highest BCUT2D eigenvalue weighted by Gasteiger charge is 2.20. The molecule has 0 radical (unpaired) electrons. The minimum absolute atomic E-state index is 0.104. The molecule has 0 spiro atoms. The number of carbonyl (C=O) groups excluding carboxylic acids is 1. The van der Waals surface area contributed by atoms with Gasteiger partial charge in [0.05, 0.1) is 18.5 Å². The molecule has 2 heterocycles. The fraction of sp³-hybridized carbons (Fsp3) is 0.385. The van der Waals surface area contributed by atoms with E-state index in [1.807, 2.05) is 20.8 Å². The molecule has 0 saturated heterocycles. The minimum atomic E-state index is -0.104. The Hall–Kier alpha value is -1.82. The molecule has 6 heteroatoms. The number of pyridine rings is 1. The van der Waals surface area contributed by atoms with E-state index in [0.29, 0.717) is 22.8 Å². The van der Waals surface area contributed by atoms with Crippen molar-refractivity contribution >= 4 is 17.3 Å². The van der Waals surface area contributed by atoms with Gasteiger partial charge in [-0.25, -0.2) is 0 Å². The first kappa shape index (κ1) is 13.6. The molecule has 0 amide bonds. The van der Waals surface area contributed by atoms with Gasteiger partial charge in [0, 0.05) is 11.8 Å². The second kappa shape index (κ2) is 5.88. The summed E-state index contributed by atoms with van der Waals surface area (Å²) in [6.45, 7) is 6.40. The molecule has 19 heavy (non-hydrogen) atoms. The molecule has 0 atom stereocenters. The van der Waals surface area contributed by atoms with Crippen LogP contribution in [0.5, 0.6) is 5.75 Å². The van der Waals surface area contributed by atoms with Gasteiger partial charge < -0.3 is 4.74 Å². The highest BCUT2D eigenvalue weighted by atomic mass is 32.1. The van der Waals surface area contributed by atoms with Gasteiger partial charge in [-0.1, -0.05) is 18.3 Å². The predicted molar refractivity (Wildman–Crippen MR) is 72.8 cm³/mol. The molecule has 2 aromatic heterocycles. The average Bonchev–Trinajstić information content (AvgIpc) is 2.88.